The Labute approximate surface area is 200 Å². The second-order valence-corrected chi connectivity index (χ2v) is 10.5. The quantitative estimate of drug-likeness (QED) is 0.230. The van der Waals surface area contributed by atoms with Crippen LogP contribution in [0.5, 0.6) is 0 Å². The maximum absolute atomic E-state index is 12.0. The van der Waals surface area contributed by atoms with E-state index < -0.39 is 26.8 Å². The Kier molecular flexibility index (Phi) is 8.19. The molecule has 0 aliphatic rings. The van der Waals surface area contributed by atoms with Gasteiger partial charge in [0.05, 0.1) is 21.4 Å². The van der Waals surface area contributed by atoms with E-state index in [1.165, 1.54) is 20.2 Å². The molecule has 0 aromatic heterocycles. The summed E-state index contributed by atoms with van der Waals surface area (Å²) in [5, 5.41) is 0. The summed E-state index contributed by atoms with van der Waals surface area (Å²) in [5.41, 5.74) is 0.355. The van der Waals surface area contributed by atoms with E-state index in [-0.39, 0.29) is 10.9 Å². The fourth-order valence-electron chi connectivity index (χ4n) is 3.10. The third-order valence-electron chi connectivity index (χ3n) is 4.74. The molecule has 0 atom stereocenters. The normalized spacial score (nSPS) is 11.6. The molecule has 0 bridgehead atoms. The molecule has 34 heavy (non-hydrogen) atoms. The minimum absolute atomic E-state index is 0.0262. The first-order valence-electron chi connectivity index (χ1n) is 10.1. The van der Waals surface area contributed by atoms with Gasteiger partial charge >= 0.3 is 6.18 Å². The molecule has 0 unspecified atom stereocenters. The molecule has 0 aliphatic heterocycles. The fourth-order valence-corrected chi connectivity index (χ4v) is 5.81. The van der Waals surface area contributed by atoms with E-state index in [0.29, 0.717) is 24.3 Å². The molecule has 0 heterocycles. The van der Waals surface area contributed by atoms with Crippen LogP contribution in [0.1, 0.15) is 11.1 Å². The Morgan fingerprint density at radius 3 is 1.53 bits per heavy atom. The van der Waals surface area contributed by atoms with Gasteiger partial charge in [-0.15, -0.1) is 0 Å². The van der Waals surface area contributed by atoms with E-state index in [1.54, 1.807) is 0 Å². The number of aryl methyl sites for hydroxylation is 1. The van der Waals surface area contributed by atoms with E-state index in [1.807, 2.05) is 0 Å². The molecule has 0 fully saturated rings. The summed E-state index contributed by atoms with van der Waals surface area (Å²) in [6.07, 6.45) is -4.54. The molecule has 4 aromatic carbocycles. The summed E-state index contributed by atoms with van der Waals surface area (Å²) in [4.78, 5) is 3.47. The van der Waals surface area contributed by atoms with Crippen LogP contribution in [-0.4, -0.2) is 13.0 Å². The molecular formula is C26H21F3O3S2. The average Bonchev–Trinajstić information content (AvgIpc) is 2.81. The van der Waals surface area contributed by atoms with Crippen LogP contribution in [0.25, 0.3) is 0 Å². The zero-order valence-corrected chi connectivity index (χ0v) is 19.7. The Hall–Kier alpha value is -3.07. The Bertz CT molecular complexity index is 1270. The molecule has 0 amide bonds. The molecule has 0 N–H and O–H groups in total. The summed E-state index contributed by atoms with van der Waals surface area (Å²) in [6, 6.07) is 32.6. The van der Waals surface area contributed by atoms with Crippen LogP contribution in [-0.2, 0) is 27.2 Å². The lowest BCUT2D eigenvalue weighted by atomic mass is 10.2. The van der Waals surface area contributed by atoms with Gasteiger partial charge in [0.1, 0.15) is 10.1 Å². The third-order valence-corrected chi connectivity index (χ3v) is 7.98. The number of hydrogen-bond acceptors (Lipinski definition) is 3. The van der Waals surface area contributed by atoms with E-state index in [9.17, 15) is 26.1 Å². The highest BCUT2D eigenvalue weighted by atomic mass is 32.2. The van der Waals surface area contributed by atoms with Crippen LogP contribution in [0, 0.1) is 6.92 Å². The average molecular weight is 503 g/mol. The Morgan fingerprint density at radius 2 is 1.12 bits per heavy atom. The van der Waals surface area contributed by atoms with Crippen molar-refractivity contribution in [2.45, 2.75) is 32.7 Å². The van der Waals surface area contributed by atoms with E-state index in [2.05, 4.69) is 91.9 Å². The minimum atomic E-state index is -4.68. The van der Waals surface area contributed by atoms with Gasteiger partial charge < -0.3 is 4.55 Å². The van der Waals surface area contributed by atoms with Crippen molar-refractivity contribution in [3.05, 3.63) is 120 Å². The van der Waals surface area contributed by atoms with E-state index in [0.717, 1.165) is 0 Å². The fraction of sp³-hybridized carbons (Fsp3) is 0.0769. The van der Waals surface area contributed by atoms with E-state index >= 15 is 0 Å². The number of benzene rings is 4. The molecule has 4 aromatic rings. The monoisotopic (exact) mass is 502 g/mol. The first-order valence-corrected chi connectivity index (χ1v) is 12.7. The summed E-state index contributed by atoms with van der Waals surface area (Å²) in [7, 11) is -4.71. The predicted molar refractivity (Wildman–Crippen MR) is 126 cm³/mol. The van der Waals surface area contributed by atoms with Crippen LogP contribution >= 0.6 is 0 Å². The summed E-state index contributed by atoms with van der Waals surface area (Å²) >= 11 is 0. The van der Waals surface area contributed by atoms with Gasteiger partial charge in [0.15, 0.2) is 14.7 Å². The van der Waals surface area contributed by atoms with Crippen molar-refractivity contribution in [2.24, 2.45) is 0 Å². The lowest BCUT2D eigenvalue weighted by Gasteiger charge is -2.09. The molecule has 4 rings (SSSR count). The molecular weight excluding hydrogens is 481 g/mol. The first-order chi connectivity index (χ1) is 16.1. The second kappa shape index (κ2) is 10.9. The standard InChI is InChI=1S/C19H17S.C7H5F3O3S/c1-16-10-8-9-15-19(16)20(17-11-4-2-5-12-17)18-13-6-3-7-14-18;8-7(9,10)5-1-3-6(4-2-5)14(11,12)13/h2-15H,1H3;1-4H,(H,11,12,13)/q+1;/p-1. The van der Waals surface area contributed by atoms with Crippen molar-refractivity contribution in [2.75, 3.05) is 0 Å². The minimum Gasteiger partial charge on any atom is -0.744 e. The van der Waals surface area contributed by atoms with Crippen molar-refractivity contribution in [3.8, 4) is 0 Å². The van der Waals surface area contributed by atoms with Crippen LogP contribution in [0.3, 0.4) is 0 Å². The predicted octanol–water partition coefficient (Wildman–Crippen LogP) is 6.70. The summed E-state index contributed by atoms with van der Waals surface area (Å²) in [5.74, 6) is 0. The Balaban J connectivity index is 0.000000204. The smallest absolute Gasteiger partial charge is 0.416 e. The zero-order valence-electron chi connectivity index (χ0n) is 18.1. The molecule has 176 valence electrons. The maximum atomic E-state index is 12.0. The summed E-state index contributed by atoms with van der Waals surface area (Å²) < 4.78 is 67.0. The zero-order chi connectivity index (χ0) is 24.8. The van der Waals surface area contributed by atoms with Crippen LogP contribution < -0.4 is 0 Å². The van der Waals surface area contributed by atoms with Gasteiger partial charge in [-0.05, 0) is 61.5 Å². The van der Waals surface area contributed by atoms with Crippen LogP contribution in [0.4, 0.5) is 13.2 Å². The highest BCUT2D eigenvalue weighted by Crippen LogP contribution is 2.32. The van der Waals surface area contributed by atoms with Crippen LogP contribution in [0.15, 0.2) is 129 Å². The van der Waals surface area contributed by atoms with Gasteiger partial charge in [0, 0.05) is 5.56 Å². The molecule has 0 radical (unpaired) electrons. The molecule has 0 saturated heterocycles. The van der Waals surface area contributed by atoms with Gasteiger partial charge in [0.2, 0.25) is 0 Å². The van der Waals surface area contributed by atoms with E-state index in [4.69, 9.17) is 0 Å². The van der Waals surface area contributed by atoms with Crippen molar-refractivity contribution < 1.29 is 26.1 Å². The SMILES string of the molecule is Cc1ccccc1[S+](c1ccccc1)c1ccccc1.O=S(=O)([O-])c1ccc(C(F)(F)F)cc1. The number of alkyl halides is 3. The van der Waals surface area contributed by atoms with Gasteiger partial charge in [0.25, 0.3) is 0 Å². The maximum Gasteiger partial charge on any atom is 0.416 e. The highest BCUT2D eigenvalue weighted by molar-refractivity contribution is 7.97. The molecule has 0 spiro atoms. The Morgan fingerprint density at radius 1 is 0.676 bits per heavy atom. The molecule has 3 nitrogen and oxygen atoms in total. The first kappa shape index (κ1) is 25.6. The number of halogens is 3. The lowest BCUT2D eigenvalue weighted by Crippen LogP contribution is -2.06. The third kappa shape index (κ3) is 6.72. The lowest BCUT2D eigenvalue weighted by molar-refractivity contribution is -0.137. The van der Waals surface area contributed by atoms with Crippen molar-refractivity contribution in [1.82, 2.24) is 0 Å². The molecule has 0 saturated carbocycles. The highest BCUT2D eigenvalue weighted by Gasteiger charge is 2.30. The summed E-state index contributed by atoms with van der Waals surface area (Å²) in [6.45, 7) is 2.20. The largest absolute Gasteiger partial charge is 0.744 e. The van der Waals surface area contributed by atoms with Crippen LogP contribution in [0.2, 0.25) is 0 Å². The van der Waals surface area contributed by atoms with Gasteiger partial charge in [-0.3, -0.25) is 0 Å². The number of hydrogen-bond donors (Lipinski definition) is 0. The number of rotatable bonds is 4. The van der Waals surface area contributed by atoms with Crippen molar-refractivity contribution in [3.63, 3.8) is 0 Å². The molecule has 8 heteroatoms. The van der Waals surface area contributed by atoms with Crippen molar-refractivity contribution in [1.29, 1.82) is 0 Å². The topological polar surface area (TPSA) is 57.2 Å². The second-order valence-electron chi connectivity index (χ2n) is 7.17. The van der Waals surface area contributed by atoms with Crippen molar-refractivity contribution >= 4 is 21.0 Å². The van der Waals surface area contributed by atoms with Gasteiger partial charge in [-0.25, -0.2) is 8.42 Å². The van der Waals surface area contributed by atoms with Gasteiger partial charge in [-0.1, -0.05) is 54.6 Å². The molecule has 0 aliphatic carbocycles. The van der Waals surface area contributed by atoms with Gasteiger partial charge in [-0.2, -0.15) is 13.2 Å².